The molecule has 5 aromatic rings. The summed E-state index contributed by atoms with van der Waals surface area (Å²) in [5.74, 6) is -7.90. The number of esters is 4. The van der Waals surface area contributed by atoms with Gasteiger partial charge in [-0.1, -0.05) is 70.8 Å². The molecule has 1 aliphatic carbocycles. The summed E-state index contributed by atoms with van der Waals surface area (Å²) in [6.07, 6.45) is -4.45. The van der Waals surface area contributed by atoms with Gasteiger partial charge in [0.05, 0.1) is 50.3 Å². The van der Waals surface area contributed by atoms with Crippen LogP contribution in [0.2, 0.25) is 0 Å². The van der Waals surface area contributed by atoms with Gasteiger partial charge in [0.1, 0.15) is 37.3 Å². The molecule has 0 saturated heterocycles. The van der Waals surface area contributed by atoms with Gasteiger partial charge in [-0.05, 0) is 134 Å². The third-order valence-electron chi connectivity index (χ3n) is 16.0. The van der Waals surface area contributed by atoms with Crippen molar-refractivity contribution in [2.24, 2.45) is 5.41 Å². The van der Waals surface area contributed by atoms with Crippen LogP contribution in [0.4, 0.5) is 24.5 Å². The van der Waals surface area contributed by atoms with Crippen molar-refractivity contribution >= 4 is 70.7 Å². The lowest BCUT2D eigenvalue weighted by Crippen LogP contribution is -2.44. The molecule has 3 aliphatic heterocycles. The standard InChI is InChI=1S/C64H56F3N3O14/c1-33(2)56(77)81-29-63(30-82-57(78)34(3)4,31-83-58(79)35(5)6)32-84-59(80)36-12-20-43-45(24-36)54(75)69(52(43)73)40-17-13-37(14-18-40)61(9)28-60(7,8)49-27-41(19-23-48(49)61)70-53(74)44-22-16-39(26-47(44)55(70)76)62(10,64(65,66)67)38-15-21-42-46(25-38)51(72)68(11)50(42)71/h12-27H,1,3,5,28-32H2,2,4,6-11H3. The van der Waals surface area contributed by atoms with Gasteiger partial charge < -0.3 is 18.9 Å². The van der Waals surface area contributed by atoms with E-state index in [1.165, 1.54) is 58.2 Å². The van der Waals surface area contributed by atoms with Gasteiger partial charge in [0.25, 0.3) is 35.4 Å². The number of imide groups is 3. The smallest absolute Gasteiger partial charge is 0.402 e. The lowest BCUT2D eigenvalue weighted by molar-refractivity contribution is -0.173. The number of amides is 6. The Balaban J connectivity index is 0.933. The van der Waals surface area contributed by atoms with E-state index in [1.807, 2.05) is 20.8 Å². The van der Waals surface area contributed by atoms with Crippen LogP contribution < -0.4 is 9.80 Å². The van der Waals surface area contributed by atoms with Crippen LogP contribution in [0.1, 0.15) is 155 Å². The highest BCUT2D eigenvalue weighted by Gasteiger charge is 2.55. The maximum absolute atomic E-state index is 15.3. The molecule has 84 heavy (non-hydrogen) atoms. The van der Waals surface area contributed by atoms with Crippen molar-refractivity contribution in [2.45, 2.75) is 77.3 Å². The first-order valence-corrected chi connectivity index (χ1v) is 26.3. The lowest BCUT2D eigenvalue weighted by Gasteiger charge is -2.33. The van der Waals surface area contributed by atoms with Crippen molar-refractivity contribution in [3.05, 3.63) is 200 Å². The number of alkyl halides is 3. The van der Waals surface area contributed by atoms with E-state index in [0.29, 0.717) is 6.42 Å². The largest absolute Gasteiger partial charge is 0.461 e. The molecule has 4 aliphatic rings. The maximum Gasteiger partial charge on any atom is 0.402 e. The Morgan fingerprint density at radius 3 is 1.40 bits per heavy atom. The number of nitrogens with zero attached hydrogens (tertiary/aromatic N) is 3. The molecule has 17 nitrogen and oxygen atoms in total. The molecule has 0 N–H and O–H groups in total. The number of carbonyl (C=O) groups is 10. The molecule has 5 aromatic carbocycles. The van der Waals surface area contributed by atoms with Crippen molar-refractivity contribution < 1.29 is 80.1 Å². The minimum Gasteiger partial charge on any atom is -0.461 e. The summed E-state index contributed by atoms with van der Waals surface area (Å²) < 4.78 is 67.7. The van der Waals surface area contributed by atoms with Gasteiger partial charge in [0.15, 0.2) is 0 Å². The zero-order valence-corrected chi connectivity index (χ0v) is 47.1. The van der Waals surface area contributed by atoms with Gasteiger partial charge in [-0.2, -0.15) is 13.2 Å². The van der Waals surface area contributed by atoms with E-state index in [9.17, 15) is 47.9 Å². The van der Waals surface area contributed by atoms with Crippen LogP contribution >= 0.6 is 0 Å². The highest BCUT2D eigenvalue weighted by atomic mass is 19.4. The Bertz CT molecular complexity index is 3770. The summed E-state index contributed by atoms with van der Waals surface area (Å²) in [4.78, 5) is 136. The van der Waals surface area contributed by atoms with Crippen LogP contribution in [-0.2, 0) is 49.6 Å². The first-order valence-electron chi connectivity index (χ1n) is 26.3. The van der Waals surface area contributed by atoms with Crippen molar-refractivity contribution in [1.29, 1.82) is 0 Å². The fourth-order valence-electron chi connectivity index (χ4n) is 11.2. The summed E-state index contributed by atoms with van der Waals surface area (Å²) in [6, 6.07) is 22.4. The number of halogens is 3. The summed E-state index contributed by atoms with van der Waals surface area (Å²) >= 11 is 0. The van der Waals surface area contributed by atoms with Crippen LogP contribution in [0, 0.1) is 5.41 Å². The van der Waals surface area contributed by atoms with Crippen LogP contribution in [0.3, 0.4) is 0 Å². The molecule has 9 rings (SSSR count). The third kappa shape index (κ3) is 9.87. The number of rotatable bonds is 17. The SMILES string of the molecule is C=C(C)C(=O)OCC(COC(=O)C(=C)C)(COC(=O)C(=C)C)COC(=O)c1ccc2c(c1)C(=O)N(c1ccc(C3(C)CC(C)(C)c4cc(N5C(=O)c6ccc(C(C)(c7ccc8c(c7)C(=O)N(C)C8=O)C(F)(F)F)cc6C5=O)ccc43)cc1)C2=O. The lowest BCUT2D eigenvalue weighted by atomic mass is 9.74. The topological polar surface area (TPSA) is 217 Å². The van der Waals surface area contributed by atoms with E-state index in [-0.39, 0.29) is 78.2 Å². The van der Waals surface area contributed by atoms with Gasteiger partial charge in [-0.15, -0.1) is 0 Å². The van der Waals surface area contributed by atoms with Crippen LogP contribution in [0.5, 0.6) is 0 Å². The monoisotopic (exact) mass is 1150 g/mol. The highest BCUT2D eigenvalue weighted by molar-refractivity contribution is 6.35. The quantitative estimate of drug-likeness (QED) is 0.0366. The second-order valence-electron chi connectivity index (χ2n) is 22.8. The minimum absolute atomic E-state index is 0.00540. The Labute approximate surface area is 480 Å². The molecule has 20 heteroatoms. The second kappa shape index (κ2) is 21.0. The molecule has 432 valence electrons. The van der Waals surface area contributed by atoms with Crippen molar-refractivity contribution in [3.63, 3.8) is 0 Å². The molecule has 6 amide bonds. The van der Waals surface area contributed by atoms with E-state index in [2.05, 4.69) is 19.7 Å². The Morgan fingerprint density at radius 2 is 0.917 bits per heavy atom. The molecule has 0 aromatic heterocycles. The summed E-state index contributed by atoms with van der Waals surface area (Å²) in [5, 5.41) is 0. The van der Waals surface area contributed by atoms with E-state index in [1.54, 1.807) is 42.5 Å². The first-order chi connectivity index (χ1) is 39.3. The summed E-state index contributed by atoms with van der Waals surface area (Å²) in [6.45, 7) is 19.4. The summed E-state index contributed by atoms with van der Waals surface area (Å²) in [7, 11) is 1.23. The number of hydrogen-bond acceptors (Lipinski definition) is 14. The molecular formula is C64H56F3N3O14. The van der Waals surface area contributed by atoms with E-state index >= 15 is 13.2 Å². The molecule has 0 fully saturated rings. The van der Waals surface area contributed by atoms with Crippen LogP contribution in [-0.4, -0.2) is 104 Å². The van der Waals surface area contributed by atoms with Crippen molar-refractivity contribution in [3.8, 4) is 0 Å². The zero-order chi connectivity index (χ0) is 61.5. The molecule has 3 heterocycles. The zero-order valence-electron chi connectivity index (χ0n) is 47.1. The summed E-state index contributed by atoms with van der Waals surface area (Å²) in [5.41, 5.74) is -4.39. The highest BCUT2D eigenvalue weighted by Crippen LogP contribution is 2.54. The molecule has 0 saturated carbocycles. The van der Waals surface area contributed by atoms with Gasteiger partial charge >= 0.3 is 30.1 Å². The Hall–Kier alpha value is -9.59. The number of carbonyl (C=O) groups excluding carboxylic acids is 10. The molecule has 0 radical (unpaired) electrons. The predicted molar refractivity (Wildman–Crippen MR) is 298 cm³/mol. The molecule has 0 spiro atoms. The average molecular weight is 1150 g/mol. The molecule has 2 atom stereocenters. The third-order valence-corrected chi connectivity index (χ3v) is 16.0. The fourth-order valence-corrected chi connectivity index (χ4v) is 11.2. The molecule has 0 bridgehead atoms. The molecule has 2 unspecified atom stereocenters. The van der Waals surface area contributed by atoms with E-state index < -0.39 is 114 Å². The first kappa shape index (κ1) is 59.0. The Morgan fingerprint density at radius 1 is 0.512 bits per heavy atom. The fraction of sp³-hybridized carbons (Fsp3) is 0.281. The number of hydrogen-bond donors (Lipinski definition) is 0. The number of anilines is 2. The second-order valence-corrected chi connectivity index (χ2v) is 22.8. The van der Waals surface area contributed by atoms with Crippen molar-refractivity contribution in [1.82, 2.24) is 4.90 Å². The van der Waals surface area contributed by atoms with Crippen LogP contribution in [0.15, 0.2) is 134 Å². The number of ether oxygens (including phenoxy) is 4. The van der Waals surface area contributed by atoms with E-state index in [0.717, 1.165) is 62.6 Å². The maximum atomic E-state index is 15.3. The van der Waals surface area contributed by atoms with Gasteiger partial charge in [0, 0.05) is 29.2 Å². The van der Waals surface area contributed by atoms with Crippen LogP contribution in [0.25, 0.3) is 0 Å². The van der Waals surface area contributed by atoms with Gasteiger partial charge in [0.2, 0.25) is 0 Å². The van der Waals surface area contributed by atoms with E-state index in [4.69, 9.17) is 18.9 Å². The molecular weight excluding hydrogens is 1090 g/mol. The minimum atomic E-state index is -4.97. The van der Waals surface area contributed by atoms with Gasteiger partial charge in [-0.25, -0.2) is 29.0 Å². The normalized spacial score (nSPS) is 17.5. The van der Waals surface area contributed by atoms with Gasteiger partial charge in [-0.3, -0.25) is 33.7 Å². The average Bonchev–Trinajstić information content (AvgIpc) is 1.64. The number of fused-ring (bicyclic) bond motifs is 4. The van der Waals surface area contributed by atoms with Crippen molar-refractivity contribution in [2.75, 3.05) is 43.3 Å². The Kier molecular flexibility index (Phi) is 14.8. The predicted octanol–water partition coefficient (Wildman–Crippen LogP) is 9.87. The number of benzene rings is 5.